The van der Waals surface area contributed by atoms with Gasteiger partial charge >= 0.3 is 33.6 Å². The summed E-state index contributed by atoms with van der Waals surface area (Å²) in [5.74, 6) is -1.63. The molecule has 0 aliphatic heterocycles. The van der Waals surface area contributed by atoms with Gasteiger partial charge in [0.25, 0.3) is 0 Å². The Morgan fingerprint density at radius 1 is 0.272 bits per heavy atom. The number of unbranched alkanes of at least 4 members (excludes halogenated alkanes) is 22. The zero-order valence-corrected chi connectivity index (χ0v) is 65.7. The van der Waals surface area contributed by atoms with E-state index in [1.165, 1.54) is 51.4 Å². The molecule has 0 spiro atoms. The lowest BCUT2D eigenvalue weighted by Crippen LogP contribution is -2.30. The Bertz CT molecular complexity index is 2550. The van der Waals surface area contributed by atoms with Crippen molar-refractivity contribution >= 4 is 33.6 Å². The summed E-state index contributed by atoms with van der Waals surface area (Å²) in [7, 11) is -9.81. The van der Waals surface area contributed by atoms with E-state index in [1.807, 2.05) is 0 Å². The van der Waals surface area contributed by atoms with E-state index < -0.39 is 91.5 Å². The Kier molecular flexibility index (Phi) is 72.8. The summed E-state index contributed by atoms with van der Waals surface area (Å²) in [4.78, 5) is 58.6. The van der Waals surface area contributed by atoms with E-state index in [2.05, 4.69) is 191 Å². The minimum atomic E-state index is -4.95. The van der Waals surface area contributed by atoms with Crippen LogP contribution in [0.5, 0.6) is 0 Å². The van der Waals surface area contributed by atoms with Gasteiger partial charge in [-0.15, -0.1) is 0 Å². The van der Waals surface area contributed by atoms with Gasteiger partial charge in [0.05, 0.1) is 26.4 Å². The number of allylic oxidation sites excluding steroid dienone is 28. The van der Waals surface area contributed by atoms with Crippen molar-refractivity contribution in [1.82, 2.24) is 0 Å². The fourth-order valence-electron chi connectivity index (χ4n) is 10.0. The summed E-state index contributed by atoms with van der Waals surface area (Å²) in [6, 6.07) is 0. The lowest BCUT2D eigenvalue weighted by atomic mass is 10.0. The third-order valence-corrected chi connectivity index (χ3v) is 17.8. The molecule has 586 valence electrons. The maximum atomic E-state index is 13.0. The molecule has 4 N–H and O–H groups in total. The van der Waals surface area contributed by atoms with Crippen LogP contribution in [-0.4, -0.2) is 95.9 Å². The molecule has 5 unspecified atom stereocenters. The maximum absolute atomic E-state index is 13.0. The monoisotopic (exact) mass is 1480 g/mol. The van der Waals surface area contributed by atoms with Gasteiger partial charge < -0.3 is 34.2 Å². The van der Waals surface area contributed by atoms with Crippen LogP contribution >= 0.6 is 15.6 Å². The first-order valence-electron chi connectivity index (χ1n) is 39.4. The van der Waals surface area contributed by atoms with E-state index in [9.17, 15) is 43.5 Å². The molecule has 0 aromatic rings. The quantitative estimate of drug-likeness (QED) is 0.0146. The van der Waals surface area contributed by atoms with Crippen LogP contribution in [0.1, 0.15) is 290 Å². The SMILES string of the molecule is CC/C=C\C/C=C\C/C=C\C/C=C\C/C=C\C/C=C\CCCCCCCCCCCCCCC(=O)OCC(O)COP(=O)(O)OCC(O)COP(=O)(O)OCC(COC(=O)CCCCC/C=C\C/C=C\C/C=C\C/C=C\C/C=C\CC)OC(=O)CCCCCCCCC/C=C\C/C=C\C/C=C\CC. The number of phosphoric acid groups is 2. The van der Waals surface area contributed by atoms with Crippen LogP contribution in [0, 0.1) is 0 Å². The molecule has 0 radical (unpaired) electrons. The maximum Gasteiger partial charge on any atom is 0.472 e. The molecule has 0 aromatic heterocycles. The topological polar surface area (TPSA) is 231 Å². The number of ether oxygens (including phenoxy) is 3. The van der Waals surface area contributed by atoms with Crippen LogP contribution in [0.2, 0.25) is 0 Å². The van der Waals surface area contributed by atoms with Gasteiger partial charge in [-0.05, 0) is 148 Å². The standard InChI is InChI=1S/C85H140O16P2/c1-4-7-10-13-16-19-22-25-28-31-33-34-35-36-37-38-39-40-41-42-43-44-46-49-50-53-56-59-62-65-68-71-83(88)95-74-80(86)75-97-102(91,92)98-76-81(87)77-99-103(93,94)100-79-82(101-85(90)73-70-67-64-61-58-55-52-47-30-27-24-21-18-15-12-9-6-3)78-96-84(89)72-69-66-63-60-57-54-51-48-45-32-29-26-23-20-17-14-11-8-5-2/h7-12,16-21,25-30,33-34,36-37,39-40,45,48,54,57,80-82,86-87H,4-6,13-15,22-24,31-32,35,38,41-44,46-47,49-53,55-56,58-79H2,1-3H3,(H,91,92)(H,93,94)/b10-7-,11-8-,12-9-,19-16-,20-17-,21-18-,28-25-,29-26-,30-27-,34-33-,37-36-,40-39-,48-45-,57-54-. The van der Waals surface area contributed by atoms with Gasteiger partial charge in [0.15, 0.2) is 6.10 Å². The number of carbonyl (C=O) groups is 3. The smallest absolute Gasteiger partial charge is 0.463 e. The molecule has 0 saturated carbocycles. The number of aliphatic hydroxyl groups is 2. The summed E-state index contributed by atoms with van der Waals surface area (Å²) in [5, 5.41) is 20.6. The Morgan fingerprint density at radius 2 is 0.485 bits per heavy atom. The second kappa shape index (κ2) is 76.6. The number of esters is 3. The highest BCUT2D eigenvalue weighted by Crippen LogP contribution is 2.45. The third-order valence-electron chi connectivity index (χ3n) is 15.9. The zero-order chi connectivity index (χ0) is 75.2. The van der Waals surface area contributed by atoms with Gasteiger partial charge in [-0.3, -0.25) is 32.5 Å². The molecule has 0 heterocycles. The zero-order valence-electron chi connectivity index (χ0n) is 63.9. The van der Waals surface area contributed by atoms with Crippen molar-refractivity contribution in [1.29, 1.82) is 0 Å². The molecule has 0 bridgehead atoms. The van der Waals surface area contributed by atoms with Crippen molar-refractivity contribution < 1.29 is 75.8 Å². The molecule has 16 nitrogen and oxygen atoms in total. The second-order valence-electron chi connectivity index (χ2n) is 25.7. The van der Waals surface area contributed by atoms with Crippen molar-refractivity contribution in [2.75, 3.05) is 39.6 Å². The van der Waals surface area contributed by atoms with Crippen LogP contribution in [0.15, 0.2) is 170 Å². The van der Waals surface area contributed by atoms with Crippen molar-refractivity contribution in [2.24, 2.45) is 0 Å². The van der Waals surface area contributed by atoms with Gasteiger partial charge in [0.2, 0.25) is 0 Å². The van der Waals surface area contributed by atoms with Crippen molar-refractivity contribution in [2.45, 2.75) is 309 Å². The largest absolute Gasteiger partial charge is 0.472 e. The lowest BCUT2D eigenvalue weighted by Gasteiger charge is -2.21. The molecule has 103 heavy (non-hydrogen) atoms. The molecule has 0 rings (SSSR count). The van der Waals surface area contributed by atoms with E-state index in [4.69, 9.17) is 32.3 Å². The fourth-order valence-corrected chi connectivity index (χ4v) is 11.6. The van der Waals surface area contributed by atoms with Crippen LogP contribution in [0.25, 0.3) is 0 Å². The summed E-state index contributed by atoms with van der Waals surface area (Å²) >= 11 is 0. The predicted molar refractivity (Wildman–Crippen MR) is 426 cm³/mol. The van der Waals surface area contributed by atoms with E-state index in [0.717, 1.165) is 180 Å². The molecule has 0 amide bonds. The number of hydrogen-bond acceptors (Lipinski definition) is 14. The predicted octanol–water partition coefficient (Wildman–Crippen LogP) is 23.2. The van der Waals surface area contributed by atoms with E-state index >= 15 is 0 Å². The van der Waals surface area contributed by atoms with Gasteiger partial charge in [-0.2, -0.15) is 0 Å². The number of aliphatic hydroxyl groups excluding tert-OH is 2. The Hall–Kier alpha value is -5.09. The molecule has 5 atom stereocenters. The van der Waals surface area contributed by atoms with Crippen molar-refractivity contribution in [3.8, 4) is 0 Å². The van der Waals surface area contributed by atoms with Crippen molar-refractivity contribution in [3.63, 3.8) is 0 Å². The van der Waals surface area contributed by atoms with Gasteiger partial charge in [0.1, 0.15) is 25.4 Å². The summed E-state index contributed by atoms with van der Waals surface area (Å²) in [6.07, 6.45) is 96.9. The first kappa shape index (κ1) is 97.9. The Labute approximate surface area is 624 Å². The lowest BCUT2D eigenvalue weighted by molar-refractivity contribution is -0.161. The number of rotatable bonds is 73. The first-order valence-corrected chi connectivity index (χ1v) is 42.4. The average Bonchev–Trinajstić information content (AvgIpc) is 0.915. The Balaban J connectivity index is 4.56. The molecular formula is C85H140O16P2. The van der Waals surface area contributed by atoms with E-state index in [1.54, 1.807) is 0 Å². The summed E-state index contributed by atoms with van der Waals surface area (Å²) in [6.45, 7) is 2.28. The second-order valence-corrected chi connectivity index (χ2v) is 28.6. The molecule has 0 aliphatic rings. The molecule has 18 heteroatoms. The minimum Gasteiger partial charge on any atom is -0.463 e. The van der Waals surface area contributed by atoms with Gasteiger partial charge in [-0.25, -0.2) is 9.13 Å². The van der Waals surface area contributed by atoms with Crippen LogP contribution < -0.4 is 0 Å². The highest BCUT2D eigenvalue weighted by molar-refractivity contribution is 7.47. The van der Waals surface area contributed by atoms with E-state index in [0.29, 0.717) is 19.3 Å². The Morgan fingerprint density at radius 3 is 0.777 bits per heavy atom. The third kappa shape index (κ3) is 77.8. The molecular weight excluding hydrogens is 1340 g/mol. The number of carbonyl (C=O) groups excluding carboxylic acids is 3. The van der Waals surface area contributed by atoms with Crippen molar-refractivity contribution in [3.05, 3.63) is 170 Å². The van der Waals surface area contributed by atoms with Gasteiger partial charge in [0, 0.05) is 19.3 Å². The first-order chi connectivity index (χ1) is 50.2. The molecule has 0 aromatic carbocycles. The summed E-state index contributed by atoms with van der Waals surface area (Å²) in [5.41, 5.74) is 0. The van der Waals surface area contributed by atoms with Crippen LogP contribution in [0.4, 0.5) is 0 Å². The minimum absolute atomic E-state index is 0.0804. The van der Waals surface area contributed by atoms with Crippen LogP contribution in [0.3, 0.4) is 0 Å². The molecule has 0 fully saturated rings. The molecule has 0 saturated heterocycles. The number of phosphoric ester groups is 2. The normalized spacial score (nSPS) is 14.9. The fraction of sp³-hybridized carbons (Fsp3) is 0.635. The number of hydrogen-bond donors (Lipinski definition) is 4. The highest BCUT2D eigenvalue weighted by atomic mass is 31.2. The van der Waals surface area contributed by atoms with Crippen LogP contribution in [-0.2, 0) is 55.8 Å². The molecule has 0 aliphatic carbocycles. The van der Waals surface area contributed by atoms with Gasteiger partial charge in [-0.1, -0.05) is 294 Å². The average molecular weight is 1480 g/mol. The highest BCUT2D eigenvalue weighted by Gasteiger charge is 2.29. The summed E-state index contributed by atoms with van der Waals surface area (Å²) < 4.78 is 61.1. The van der Waals surface area contributed by atoms with E-state index in [-0.39, 0.29) is 19.3 Å².